The highest BCUT2D eigenvalue weighted by Crippen LogP contribution is 2.48. The number of hydrogen-bond acceptors (Lipinski definition) is 2. The molecule has 2 aliphatic rings. The average molecular weight is 466 g/mol. The first-order valence-corrected chi connectivity index (χ1v) is 11.2. The fraction of sp³-hybridized carbons (Fsp3) is 0.480. The van der Waals surface area contributed by atoms with Crippen LogP contribution in [0.3, 0.4) is 0 Å². The molecule has 1 unspecified atom stereocenters. The van der Waals surface area contributed by atoms with Gasteiger partial charge in [-0.1, -0.05) is 36.4 Å². The van der Waals surface area contributed by atoms with Crippen LogP contribution in [0.25, 0.3) is 0 Å². The summed E-state index contributed by atoms with van der Waals surface area (Å²) < 4.78 is 68.7. The van der Waals surface area contributed by atoms with Crippen LogP contribution >= 0.6 is 0 Å². The molecule has 2 aromatic rings. The van der Waals surface area contributed by atoms with E-state index in [4.69, 9.17) is 0 Å². The lowest BCUT2D eigenvalue weighted by Gasteiger charge is -2.54. The molecule has 1 N–H and O–H groups in total. The molecule has 0 bridgehead atoms. The molecular formula is C25H27F5N2O. The van der Waals surface area contributed by atoms with Crippen LogP contribution in [-0.4, -0.2) is 29.4 Å². The molecule has 178 valence electrons. The highest BCUT2D eigenvalue weighted by Gasteiger charge is 2.50. The van der Waals surface area contributed by atoms with Gasteiger partial charge in [0.05, 0.1) is 17.2 Å². The maximum absolute atomic E-state index is 13.8. The van der Waals surface area contributed by atoms with E-state index in [2.05, 4.69) is 10.2 Å². The number of carbonyl (C=O) groups excluding carboxylic acids is 1. The molecule has 4 rings (SSSR count). The van der Waals surface area contributed by atoms with Crippen LogP contribution in [0.5, 0.6) is 0 Å². The summed E-state index contributed by atoms with van der Waals surface area (Å²) in [6.45, 7) is 2.30. The van der Waals surface area contributed by atoms with Crippen molar-refractivity contribution in [2.45, 2.75) is 62.7 Å². The van der Waals surface area contributed by atoms with Gasteiger partial charge in [-0.15, -0.1) is 0 Å². The Bertz CT molecular complexity index is 990. The third-order valence-corrected chi connectivity index (χ3v) is 6.98. The largest absolute Gasteiger partial charge is 0.417 e. The van der Waals surface area contributed by atoms with Gasteiger partial charge in [0, 0.05) is 18.0 Å². The van der Waals surface area contributed by atoms with Gasteiger partial charge in [-0.3, -0.25) is 9.69 Å². The minimum absolute atomic E-state index is 0.359. The molecule has 1 aliphatic heterocycles. The SMILES string of the molecule is CC(F)(F)c1ccc(C(=O)NC(c2ccccc2)C2(N3CCCC3)CCC2)c(C(F)(F)F)c1. The maximum atomic E-state index is 13.8. The smallest absolute Gasteiger partial charge is 0.343 e. The van der Waals surface area contributed by atoms with Crippen molar-refractivity contribution in [2.24, 2.45) is 0 Å². The first-order valence-electron chi connectivity index (χ1n) is 11.2. The standard InChI is InChI=1S/C25H27F5N2O/c1-23(26,27)18-10-11-19(20(16-18)25(28,29)30)22(33)31-21(17-8-3-2-4-9-17)24(12-7-13-24)32-14-5-6-15-32/h2-4,8-11,16,21H,5-7,12-15H2,1H3,(H,31,33). The number of hydrogen-bond donors (Lipinski definition) is 1. The van der Waals surface area contributed by atoms with E-state index in [0.717, 1.165) is 62.9 Å². The fourth-order valence-electron chi connectivity index (χ4n) is 5.12. The van der Waals surface area contributed by atoms with E-state index in [1.54, 1.807) is 0 Å². The van der Waals surface area contributed by atoms with Gasteiger partial charge >= 0.3 is 6.18 Å². The van der Waals surface area contributed by atoms with Crippen molar-refractivity contribution in [2.75, 3.05) is 13.1 Å². The number of alkyl halides is 5. The number of carbonyl (C=O) groups is 1. The van der Waals surface area contributed by atoms with Gasteiger partial charge in [0.1, 0.15) is 0 Å². The number of rotatable bonds is 6. The second-order valence-corrected chi connectivity index (χ2v) is 9.11. The number of nitrogens with one attached hydrogen (secondary N) is 1. The summed E-state index contributed by atoms with van der Waals surface area (Å²) in [7, 11) is 0. The van der Waals surface area contributed by atoms with Crippen molar-refractivity contribution in [3.8, 4) is 0 Å². The predicted molar refractivity (Wildman–Crippen MR) is 115 cm³/mol. The Morgan fingerprint density at radius 3 is 2.12 bits per heavy atom. The summed E-state index contributed by atoms with van der Waals surface area (Å²) in [6, 6.07) is 10.9. The van der Waals surface area contributed by atoms with Crippen LogP contribution in [-0.2, 0) is 12.1 Å². The number of halogens is 5. The van der Waals surface area contributed by atoms with E-state index in [9.17, 15) is 26.7 Å². The van der Waals surface area contributed by atoms with Crippen molar-refractivity contribution in [3.05, 3.63) is 70.8 Å². The third kappa shape index (κ3) is 4.63. The van der Waals surface area contributed by atoms with Gasteiger partial charge < -0.3 is 5.32 Å². The Labute approximate surface area is 190 Å². The summed E-state index contributed by atoms with van der Waals surface area (Å²) >= 11 is 0. The summed E-state index contributed by atoms with van der Waals surface area (Å²) in [6.07, 6.45) is -0.215. The zero-order valence-electron chi connectivity index (χ0n) is 18.4. The van der Waals surface area contributed by atoms with E-state index >= 15 is 0 Å². The molecular weight excluding hydrogens is 439 g/mol. The molecule has 1 amide bonds. The van der Waals surface area contributed by atoms with Crippen molar-refractivity contribution in [3.63, 3.8) is 0 Å². The van der Waals surface area contributed by atoms with Crippen LogP contribution < -0.4 is 5.32 Å². The summed E-state index contributed by atoms with van der Waals surface area (Å²) in [5.41, 5.74) is -2.31. The van der Waals surface area contributed by atoms with Gasteiger partial charge in [0.2, 0.25) is 0 Å². The first-order chi connectivity index (χ1) is 15.5. The molecule has 3 nitrogen and oxygen atoms in total. The van der Waals surface area contributed by atoms with E-state index < -0.39 is 40.7 Å². The Morgan fingerprint density at radius 2 is 1.61 bits per heavy atom. The molecule has 0 aromatic heterocycles. The molecule has 1 saturated heterocycles. The number of likely N-dealkylation sites (tertiary alicyclic amines) is 1. The molecule has 1 saturated carbocycles. The lowest BCUT2D eigenvalue weighted by molar-refractivity contribution is -0.138. The highest BCUT2D eigenvalue weighted by atomic mass is 19.4. The average Bonchev–Trinajstić information content (AvgIpc) is 3.26. The molecule has 1 aliphatic carbocycles. The van der Waals surface area contributed by atoms with E-state index in [-0.39, 0.29) is 5.54 Å². The number of amides is 1. The second kappa shape index (κ2) is 8.70. The second-order valence-electron chi connectivity index (χ2n) is 9.11. The van der Waals surface area contributed by atoms with E-state index in [0.29, 0.717) is 13.0 Å². The van der Waals surface area contributed by atoms with Gasteiger partial charge in [-0.05, 0) is 62.9 Å². The Hall–Kier alpha value is -2.48. The zero-order chi connectivity index (χ0) is 23.9. The molecule has 33 heavy (non-hydrogen) atoms. The normalized spacial score (nSPS) is 19.7. The molecule has 0 radical (unpaired) electrons. The zero-order valence-corrected chi connectivity index (χ0v) is 18.4. The van der Waals surface area contributed by atoms with Crippen LogP contribution in [0.15, 0.2) is 48.5 Å². The van der Waals surface area contributed by atoms with Crippen LogP contribution in [0.1, 0.15) is 72.1 Å². The Balaban J connectivity index is 1.72. The topological polar surface area (TPSA) is 32.3 Å². The van der Waals surface area contributed by atoms with Crippen molar-refractivity contribution in [1.82, 2.24) is 10.2 Å². The minimum Gasteiger partial charge on any atom is -0.343 e. The van der Waals surface area contributed by atoms with Gasteiger partial charge in [-0.2, -0.15) is 13.2 Å². The Kier molecular flexibility index (Phi) is 6.24. The quantitative estimate of drug-likeness (QED) is 0.507. The maximum Gasteiger partial charge on any atom is 0.417 e. The van der Waals surface area contributed by atoms with E-state index in [1.807, 2.05) is 30.3 Å². The Morgan fingerprint density at radius 1 is 0.970 bits per heavy atom. The molecule has 0 spiro atoms. The number of nitrogens with zero attached hydrogens (tertiary/aromatic N) is 1. The summed E-state index contributed by atoms with van der Waals surface area (Å²) in [5, 5.41) is 2.87. The highest BCUT2D eigenvalue weighted by molar-refractivity contribution is 5.96. The van der Waals surface area contributed by atoms with Crippen molar-refractivity contribution < 1.29 is 26.7 Å². The molecule has 1 atom stereocenters. The molecule has 1 heterocycles. The molecule has 8 heteroatoms. The van der Waals surface area contributed by atoms with Crippen LogP contribution in [0.4, 0.5) is 22.0 Å². The minimum atomic E-state index is -4.95. The fourth-order valence-corrected chi connectivity index (χ4v) is 5.12. The third-order valence-electron chi connectivity index (χ3n) is 6.98. The summed E-state index contributed by atoms with van der Waals surface area (Å²) in [5.74, 6) is -4.36. The lowest BCUT2D eigenvalue weighted by Crippen LogP contribution is -2.60. The molecule has 2 fully saturated rings. The van der Waals surface area contributed by atoms with Gasteiger partial charge in [-0.25, -0.2) is 8.78 Å². The van der Waals surface area contributed by atoms with Gasteiger partial charge in [0.25, 0.3) is 11.8 Å². The van der Waals surface area contributed by atoms with Crippen LogP contribution in [0, 0.1) is 0 Å². The van der Waals surface area contributed by atoms with Crippen LogP contribution in [0.2, 0.25) is 0 Å². The predicted octanol–water partition coefficient (Wildman–Crippen LogP) is 6.31. The van der Waals surface area contributed by atoms with Crippen molar-refractivity contribution in [1.29, 1.82) is 0 Å². The van der Waals surface area contributed by atoms with E-state index in [1.165, 1.54) is 0 Å². The van der Waals surface area contributed by atoms with Gasteiger partial charge in [0.15, 0.2) is 0 Å². The molecule has 2 aromatic carbocycles. The number of benzene rings is 2. The monoisotopic (exact) mass is 466 g/mol. The van der Waals surface area contributed by atoms with Crippen molar-refractivity contribution >= 4 is 5.91 Å². The summed E-state index contributed by atoms with van der Waals surface area (Å²) in [4.78, 5) is 15.6. The lowest BCUT2D eigenvalue weighted by atomic mass is 9.68. The first kappa shape index (κ1) is 23.7.